The van der Waals surface area contributed by atoms with Crippen molar-refractivity contribution in [3.8, 4) is 35.2 Å². The van der Waals surface area contributed by atoms with Crippen molar-refractivity contribution >= 4 is 11.6 Å². The van der Waals surface area contributed by atoms with Crippen LogP contribution >= 0.6 is 0 Å². The number of benzene rings is 2. The van der Waals surface area contributed by atoms with Crippen molar-refractivity contribution in [3.05, 3.63) is 57.6 Å². The van der Waals surface area contributed by atoms with Crippen LogP contribution in [0.3, 0.4) is 0 Å². The molecule has 0 spiro atoms. The molecule has 46 heavy (non-hydrogen) atoms. The van der Waals surface area contributed by atoms with Crippen LogP contribution < -0.4 is 9.47 Å². The van der Waals surface area contributed by atoms with Gasteiger partial charge in [-0.2, -0.15) is 0 Å². The molecule has 0 aromatic heterocycles. The van der Waals surface area contributed by atoms with Gasteiger partial charge in [-0.15, -0.1) is 0 Å². The molecule has 2 aromatic rings. The number of carbonyl (C=O) groups excluding carboxylic acids is 2. The molecule has 0 aliphatic heterocycles. The lowest BCUT2D eigenvalue weighted by Gasteiger charge is -2.11. The summed E-state index contributed by atoms with van der Waals surface area (Å²) < 4.78 is 43.1. The Labute approximate surface area is 272 Å². The fourth-order valence-corrected chi connectivity index (χ4v) is 4.13. The summed E-state index contributed by atoms with van der Waals surface area (Å²) in [6.45, 7) is 13.2. The van der Waals surface area contributed by atoms with E-state index >= 15 is 0 Å². The average molecular weight is 639 g/mol. The van der Waals surface area contributed by atoms with Crippen LogP contribution in [-0.2, 0) is 38.0 Å². The SMILES string of the molecule is COCCOCCOCCOc1cc(C)c(C#CC(=O)C(=O)C#Cc2c(C)cc(OCCOCCOCCOC)cc2C)c(C)c1. The number of Topliss-reactive ketones (excluding diaryl/α,β-unsaturated/α-hetero) is 2. The van der Waals surface area contributed by atoms with Gasteiger partial charge in [0.05, 0.1) is 66.1 Å². The molecule has 0 atom stereocenters. The predicted molar refractivity (Wildman–Crippen MR) is 174 cm³/mol. The van der Waals surface area contributed by atoms with Crippen LogP contribution in [0.2, 0.25) is 0 Å². The second-order valence-corrected chi connectivity index (χ2v) is 10.2. The molecule has 0 saturated carbocycles. The molecule has 10 heteroatoms. The summed E-state index contributed by atoms with van der Waals surface area (Å²) in [6, 6.07) is 7.35. The highest BCUT2D eigenvalue weighted by molar-refractivity contribution is 6.49. The van der Waals surface area contributed by atoms with Crippen LogP contribution in [-0.4, -0.2) is 105 Å². The van der Waals surface area contributed by atoms with E-state index in [-0.39, 0.29) is 0 Å². The fourth-order valence-electron chi connectivity index (χ4n) is 4.13. The van der Waals surface area contributed by atoms with Crippen molar-refractivity contribution in [2.24, 2.45) is 0 Å². The predicted octanol–water partition coefficient (Wildman–Crippen LogP) is 3.58. The number of hydrogen-bond acceptors (Lipinski definition) is 10. The van der Waals surface area contributed by atoms with Gasteiger partial charge < -0.3 is 37.9 Å². The number of hydrogen-bond donors (Lipinski definition) is 0. The summed E-state index contributed by atoms with van der Waals surface area (Å²) in [5, 5.41) is 0. The maximum absolute atomic E-state index is 12.5. The van der Waals surface area contributed by atoms with Gasteiger partial charge in [0.15, 0.2) is 0 Å². The van der Waals surface area contributed by atoms with E-state index in [9.17, 15) is 9.59 Å². The highest BCUT2D eigenvalue weighted by atomic mass is 16.6. The van der Waals surface area contributed by atoms with E-state index in [0.29, 0.717) is 102 Å². The van der Waals surface area contributed by atoms with Crippen molar-refractivity contribution in [1.29, 1.82) is 0 Å². The highest BCUT2D eigenvalue weighted by Crippen LogP contribution is 2.22. The molecule has 0 saturated heterocycles. The number of rotatable bonds is 21. The molecule has 2 rings (SSSR count). The second-order valence-electron chi connectivity index (χ2n) is 10.2. The summed E-state index contributed by atoms with van der Waals surface area (Å²) >= 11 is 0. The zero-order valence-electron chi connectivity index (χ0n) is 27.9. The Morgan fingerprint density at radius 2 is 0.761 bits per heavy atom. The zero-order valence-corrected chi connectivity index (χ0v) is 27.9. The zero-order chi connectivity index (χ0) is 33.6. The van der Waals surface area contributed by atoms with E-state index in [1.54, 1.807) is 14.2 Å². The normalized spacial score (nSPS) is 10.5. The molecule has 0 aliphatic carbocycles. The summed E-state index contributed by atoms with van der Waals surface area (Å²) in [4.78, 5) is 25.0. The van der Waals surface area contributed by atoms with E-state index in [1.807, 2.05) is 52.0 Å². The Morgan fingerprint density at radius 3 is 1.07 bits per heavy atom. The van der Waals surface area contributed by atoms with Crippen LogP contribution in [0.4, 0.5) is 0 Å². The Morgan fingerprint density at radius 1 is 0.478 bits per heavy atom. The topological polar surface area (TPSA) is 108 Å². The first kappa shape index (κ1) is 38.4. The highest BCUT2D eigenvalue weighted by Gasteiger charge is 2.10. The Hall–Kier alpha value is -3.74. The summed E-state index contributed by atoms with van der Waals surface area (Å²) in [5.74, 6) is 10.2. The van der Waals surface area contributed by atoms with Crippen LogP contribution in [0.25, 0.3) is 0 Å². The fraction of sp³-hybridized carbons (Fsp3) is 0.500. The number of aryl methyl sites for hydroxylation is 4. The molecular formula is C36H46O10. The summed E-state index contributed by atoms with van der Waals surface area (Å²) in [7, 11) is 3.25. The van der Waals surface area contributed by atoms with Gasteiger partial charge >= 0.3 is 0 Å². The largest absolute Gasteiger partial charge is 0.491 e. The van der Waals surface area contributed by atoms with Crippen LogP contribution in [0.15, 0.2) is 24.3 Å². The van der Waals surface area contributed by atoms with E-state index in [1.165, 1.54) is 0 Å². The molecule has 0 bridgehead atoms. The van der Waals surface area contributed by atoms with Gasteiger partial charge in [0, 0.05) is 25.3 Å². The van der Waals surface area contributed by atoms with Crippen molar-refractivity contribution in [2.45, 2.75) is 27.7 Å². The third-order valence-electron chi connectivity index (χ3n) is 6.42. The van der Waals surface area contributed by atoms with Crippen molar-refractivity contribution in [3.63, 3.8) is 0 Å². The van der Waals surface area contributed by atoms with Gasteiger partial charge in [0.25, 0.3) is 11.6 Å². The first-order valence-electron chi connectivity index (χ1n) is 15.2. The monoisotopic (exact) mass is 638 g/mol. The standard InChI is InChI=1S/C36H46O10/c1-27-23-31(45-21-19-43-17-15-41-13-11-39-5)24-28(2)33(27)7-9-35(37)36(38)10-8-34-29(3)25-32(26-30(34)4)46-22-20-44-18-16-42-14-12-40-6/h23-26H,11-22H2,1-6H3. The maximum atomic E-state index is 12.5. The van der Waals surface area contributed by atoms with Crippen molar-refractivity contribution in [1.82, 2.24) is 0 Å². The summed E-state index contributed by atoms with van der Waals surface area (Å²) in [5.41, 5.74) is 4.63. The molecule has 0 radical (unpaired) electrons. The van der Waals surface area contributed by atoms with Gasteiger partial charge in [-0.05, 0) is 86.1 Å². The van der Waals surface area contributed by atoms with Gasteiger partial charge in [-0.1, -0.05) is 11.8 Å². The van der Waals surface area contributed by atoms with E-state index in [0.717, 1.165) is 22.3 Å². The molecular weight excluding hydrogens is 592 g/mol. The first-order valence-corrected chi connectivity index (χ1v) is 15.2. The Kier molecular flexibility index (Phi) is 19.0. The minimum absolute atomic E-state index is 0.379. The molecule has 0 aliphatic rings. The smallest absolute Gasteiger partial charge is 0.285 e. The lowest BCUT2D eigenvalue weighted by Crippen LogP contribution is -2.12. The number of carbonyl (C=O) groups is 2. The lowest BCUT2D eigenvalue weighted by atomic mass is 10.0. The molecule has 0 amide bonds. The quantitative estimate of drug-likeness (QED) is 0.114. The third-order valence-corrected chi connectivity index (χ3v) is 6.42. The number of ether oxygens (including phenoxy) is 8. The first-order chi connectivity index (χ1) is 22.3. The number of methoxy groups -OCH3 is 2. The third kappa shape index (κ3) is 15.0. The van der Waals surface area contributed by atoms with Crippen LogP contribution in [0.5, 0.6) is 11.5 Å². The van der Waals surface area contributed by atoms with E-state index < -0.39 is 11.6 Å². The Balaban J connectivity index is 1.85. The van der Waals surface area contributed by atoms with Crippen LogP contribution in [0.1, 0.15) is 33.4 Å². The van der Waals surface area contributed by atoms with Crippen molar-refractivity contribution in [2.75, 3.05) is 93.5 Å². The minimum atomic E-state index is -0.866. The lowest BCUT2D eigenvalue weighted by molar-refractivity contribution is -0.129. The number of ketones is 2. The van der Waals surface area contributed by atoms with E-state index in [4.69, 9.17) is 37.9 Å². The van der Waals surface area contributed by atoms with Crippen LogP contribution in [0, 0.1) is 51.4 Å². The van der Waals surface area contributed by atoms with Crippen molar-refractivity contribution < 1.29 is 47.5 Å². The molecule has 2 aromatic carbocycles. The van der Waals surface area contributed by atoms with E-state index in [2.05, 4.69) is 23.7 Å². The average Bonchev–Trinajstić information content (AvgIpc) is 3.02. The second kappa shape index (κ2) is 22.7. The molecule has 250 valence electrons. The molecule has 10 nitrogen and oxygen atoms in total. The van der Waals surface area contributed by atoms with Gasteiger partial charge in [0.2, 0.25) is 0 Å². The molecule has 0 heterocycles. The van der Waals surface area contributed by atoms with Gasteiger partial charge in [0.1, 0.15) is 24.7 Å². The summed E-state index contributed by atoms with van der Waals surface area (Å²) in [6.07, 6.45) is 0. The minimum Gasteiger partial charge on any atom is -0.491 e. The molecule has 0 N–H and O–H groups in total. The Bertz CT molecular complexity index is 1230. The maximum Gasteiger partial charge on any atom is 0.285 e. The van der Waals surface area contributed by atoms with Gasteiger partial charge in [-0.3, -0.25) is 9.59 Å². The molecule has 0 fully saturated rings. The molecule has 0 unspecified atom stereocenters. The van der Waals surface area contributed by atoms with Gasteiger partial charge in [-0.25, -0.2) is 0 Å².